The van der Waals surface area contributed by atoms with Crippen molar-refractivity contribution in [2.45, 2.75) is 57.3 Å². The Morgan fingerprint density at radius 2 is 1.85 bits per heavy atom. The molecule has 0 aliphatic heterocycles. The van der Waals surface area contributed by atoms with Crippen LogP contribution in [-0.4, -0.2) is 39.6 Å². The average Bonchev–Trinajstić information content (AvgIpc) is 3.24. The van der Waals surface area contributed by atoms with E-state index < -0.39 is 5.82 Å². The predicted octanol–water partition coefficient (Wildman–Crippen LogP) is 5.17. The van der Waals surface area contributed by atoms with Crippen LogP contribution in [0.1, 0.15) is 45.4 Å². The Hall–Kier alpha value is -3.07. The van der Waals surface area contributed by atoms with Gasteiger partial charge in [0.1, 0.15) is 23.9 Å². The highest BCUT2D eigenvalue weighted by Gasteiger charge is 2.19. The molecule has 1 unspecified atom stereocenters. The van der Waals surface area contributed by atoms with Crippen molar-refractivity contribution in [3.63, 3.8) is 0 Å². The first-order valence-electron chi connectivity index (χ1n) is 11.4. The van der Waals surface area contributed by atoms with Gasteiger partial charge in [0.2, 0.25) is 5.91 Å². The van der Waals surface area contributed by atoms with Crippen molar-refractivity contribution in [2.24, 2.45) is 0 Å². The zero-order valence-corrected chi connectivity index (χ0v) is 20.6. The van der Waals surface area contributed by atoms with Gasteiger partial charge in [-0.25, -0.2) is 4.39 Å². The standard InChI is InChI=1S/C25H31FN4O3S/c1-4-5-6-9-18(2)27-24(31)17-34-25-29-28-23(30(25)22-11-8-7-10-21(22)26)16-33-20-14-12-19(32-3)13-15-20/h7-8,10-15,18H,4-6,9,16-17H2,1-3H3,(H,27,31). The number of carbonyl (C=O) groups excluding carboxylic acids is 1. The van der Waals surface area contributed by atoms with Crippen LogP contribution in [0.5, 0.6) is 11.5 Å². The van der Waals surface area contributed by atoms with Gasteiger partial charge in [0.15, 0.2) is 11.0 Å². The van der Waals surface area contributed by atoms with Crippen LogP contribution in [0.25, 0.3) is 5.69 Å². The van der Waals surface area contributed by atoms with E-state index in [1.165, 1.54) is 17.8 Å². The molecular weight excluding hydrogens is 455 g/mol. The number of thioether (sulfide) groups is 1. The van der Waals surface area contributed by atoms with Crippen molar-refractivity contribution >= 4 is 17.7 Å². The van der Waals surface area contributed by atoms with Crippen molar-refractivity contribution in [3.05, 3.63) is 60.2 Å². The number of nitrogens with one attached hydrogen (secondary N) is 1. The molecular formula is C25H31FN4O3S. The molecule has 1 amide bonds. The molecule has 7 nitrogen and oxygen atoms in total. The number of methoxy groups -OCH3 is 1. The molecule has 0 saturated heterocycles. The smallest absolute Gasteiger partial charge is 0.230 e. The molecule has 1 N–H and O–H groups in total. The largest absolute Gasteiger partial charge is 0.497 e. The normalized spacial score (nSPS) is 11.8. The number of ether oxygens (including phenoxy) is 2. The zero-order chi connectivity index (χ0) is 24.3. The fourth-order valence-electron chi connectivity index (χ4n) is 3.40. The van der Waals surface area contributed by atoms with Crippen molar-refractivity contribution in [2.75, 3.05) is 12.9 Å². The fraction of sp³-hybridized carbons (Fsp3) is 0.400. The number of rotatable bonds is 13. The number of unbranched alkanes of at least 4 members (excludes halogenated alkanes) is 2. The Labute approximate surface area is 204 Å². The van der Waals surface area contributed by atoms with E-state index in [9.17, 15) is 9.18 Å². The second-order valence-electron chi connectivity index (χ2n) is 7.90. The van der Waals surface area contributed by atoms with E-state index in [-0.39, 0.29) is 24.3 Å². The van der Waals surface area contributed by atoms with Gasteiger partial charge in [0, 0.05) is 6.04 Å². The highest BCUT2D eigenvalue weighted by molar-refractivity contribution is 7.99. The Bertz CT molecular complexity index is 1060. The molecule has 0 saturated carbocycles. The van der Waals surface area contributed by atoms with E-state index in [2.05, 4.69) is 22.4 Å². The summed E-state index contributed by atoms with van der Waals surface area (Å²) in [7, 11) is 1.60. The molecule has 1 atom stereocenters. The monoisotopic (exact) mass is 486 g/mol. The fourth-order valence-corrected chi connectivity index (χ4v) is 4.18. The van der Waals surface area contributed by atoms with Crippen LogP contribution in [-0.2, 0) is 11.4 Å². The Kier molecular flexibility index (Phi) is 9.75. The number of benzene rings is 2. The number of carbonyl (C=O) groups is 1. The third-order valence-corrected chi connectivity index (χ3v) is 6.13. The molecule has 3 rings (SSSR count). The number of halogens is 1. The van der Waals surface area contributed by atoms with Crippen LogP contribution < -0.4 is 14.8 Å². The van der Waals surface area contributed by atoms with E-state index >= 15 is 0 Å². The summed E-state index contributed by atoms with van der Waals surface area (Å²) in [6.45, 7) is 4.24. The molecule has 9 heteroatoms. The van der Waals surface area contributed by atoms with Gasteiger partial charge >= 0.3 is 0 Å². The SMILES string of the molecule is CCCCCC(C)NC(=O)CSc1nnc(COc2ccc(OC)cc2)n1-c1ccccc1F. The van der Waals surface area contributed by atoms with E-state index in [1.807, 2.05) is 6.92 Å². The van der Waals surface area contributed by atoms with Crippen LogP contribution in [0.2, 0.25) is 0 Å². The second-order valence-corrected chi connectivity index (χ2v) is 8.85. The van der Waals surface area contributed by atoms with E-state index in [0.717, 1.165) is 31.4 Å². The Morgan fingerprint density at radius 1 is 1.12 bits per heavy atom. The minimum atomic E-state index is -0.413. The van der Waals surface area contributed by atoms with E-state index in [4.69, 9.17) is 9.47 Å². The van der Waals surface area contributed by atoms with Crippen LogP contribution in [0.15, 0.2) is 53.7 Å². The molecule has 0 fully saturated rings. The molecule has 0 aliphatic rings. The van der Waals surface area contributed by atoms with Crippen LogP contribution in [0.4, 0.5) is 4.39 Å². The second kappa shape index (κ2) is 13.0. The summed E-state index contributed by atoms with van der Waals surface area (Å²) >= 11 is 1.22. The number of para-hydroxylation sites is 1. The third kappa shape index (κ3) is 7.21. The first-order chi connectivity index (χ1) is 16.5. The van der Waals surface area contributed by atoms with Gasteiger partial charge < -0.3 is 14.8 Å². The first-order valence-corrected chi connectivity index (χ1v) is 12.4. The molecule has 182 valence electrons. The topological polar surface area (TPSA) is 78.3 Å². The van der Waals surface area contributed by atoms with Gasteiger partial charge in [-0.3, -0.25) is 9.36 Å². The number of aromatic nitrogens is 3. The summed E-state index contributed by atoms with van der Waals surface area (Å²) in [4.78, 5) is 12.4. The van der Waals surface area contributed by atoms with Gasteiger partial charge in [-0.1, -0.05) is 50.1 Å². The van der Waals surface area contributed by atoms with E-state index in [1.54, 1.807) is 54.1 Å². The Balaban J connectivity index is 1.71. The zero-order valence-electron chi connectivity index (χ0n) is 19.8. The summed E-state index contributed by atoms with van der Waals surface area (Å²) in [6.07, 6.45) is 4.33. The van der Waals surface area contributed by atoms with Crippen molar-refractivity contribution in [1.29, 1.82) is 0 Å². The van der Waals surface area contributed by atoms with E-state index in [0.29, 0.717) is 22.4 Å². The molecule has 0 radical (unpaired) electrons. The van der Waals surface area contributed by atoms with Gasteiger partial charge in [-0.15, -0.1) is 10.2 Å². The molecule has 34 heavy (non-hydrogen) atoms. The maximum absolute atomic E-state index is 14.7. The van der Waals surface area contributed by atoms with Crippen LogP contribution in [0.3, 0.4) is 0 Å². The first kappa shape index (κ1) is 25.6. The lowest BCUT2D eigenvalue weighted by Gasteiger charge is -2.14. The summed E-state index contributed by atoms with van der Waals surface area (Å²) in [5.74, 6) is 1.42. The molecule has 0 aliphatic carbocycles. The summed E-state index contributed by atoms with van der Waals surface area (Å²) in [5, 5.41) is 11.9. The van der Waals surface area contributed by atoms with Gasteiger partial charge in [0.05, 0.1) is 18.6 Å². The molecule has 1 aromatic heterocycles. The number of hydrogen-bond donors (Lipinski definition) is 1. The Morgan fingerprint density at radius 3 is 2.56 bits per heavy atom. The lowest BCUT2D eigenvalue weighted by molar-refractivity contribution is -0.119. The lowest BCUT2D eigenvalue weighted by Crippen LogP contribution is -2.33. The third-order valence-electron chi connectivity index (χ3n) is 5.20. The number of hydrogen-bond acceptors (Lipinski definition) is 6. The summed E-state index contributed by atoms with van der Waals surface area (Å²) in [6, 6.07) is 13.6. The van der Waals surface area contributed by atoms with Crippen molar-refractivity contribution in [3.8, 4) is 17.2 Å². The van der Waals surface area contributed by atoms with Gasteiger partial charge in [0.25, 0.3) is 0 Å². The summed E-state index contributed by atoms with van der Waals surface area (Å²) < 4.78 is 27.3. The quantitative estimate of drug-likeness (QED) is 0.265. The number of nitrogens with zero attached hydrogens (tertiary/aromatic N) is 3. The average molecular weight is 487 g/mol. The predicted molar refractivity (Wildman–Crippen MR) is 131 cm³/mol. The van der Waals surface area contributed by atoms with Crippen LogP contribution in [0, 0.1) is 5.82 Å². The van der Waals surface area contributed by atoms with Gasteiger partial charge in [-0.05, 0) is 49.7 Å². The van der Waals surface area contributed by atoms with Crippen molar-refractivity contribution in [1.82, 2.24) is 20.1 Å². The minimum Gasteiger partial charge on any atom is -0.497 e. The molecule has 3 aromatic rings. The van der Waals surface area contributed by atoms with Crippen LogP contribution >= 0.6 is 11.8 Å². The highest BCUT2D eigenvalue weighted by Crippen LogP contribution is 2.25. The van der Waals surface area contributed by atoms with Crippen molar-refractivity contribution < 1.29 is 18.7 Å². The summed E-state index contributed by atoms with van der Waals surface area (Å²) in [5.41, 5.74) is 0.302. The minimum absolute atomic E-state index is 0.0783. The maximum Gasteiger partial charge on any atom is 0.230 e. The lowest BCUT2D eigenvalue weighted by atomic mass is 10.1. The highest BCUT2D eigenvalue weighted by atomic mass is 32.2. The molecule has 0 spiro atoms. The number of amides is 1. The van der Waals surface area contributed by atoms with Gasteiger partial charge in [-0.2, -0.15) is 0 Å². The molecule has 2 aromatic carbocycles. The molecule has 1 heterocycles. The maximum atomic E-state index is 14.7. The molecule has 0 bridgehead atoms.